The lowest BCUT2D eigenvalue weighted by Gasteiger charge is -2.12. The Labute approximate surface area is 107 Å². The van der Waals surface area contributed by atoms with E-state index in [1.54, 1.807) is 6.07 Å². The van der Waals surface area contributed by atoms with E-state index in [1.807, 2.05) is 6.92 Å². The summed E-state index contributed by atoms with van der Waals surface area (Å²) in [7, 11) is 0. The molecule has 0 amide bonds. The number of rotatable bonds is 4. The van der Waals surface area contributed by atoms with Crippen LogP contribution in [0.25, 0.3) is 11.0 Å². The number of hydrogen-bond acceptors (Lipinski definition) is 2. The minimum Gasteiger partial charge on any atom is -0.327 e. The maximum Gasteiger partial charge on any atom is 0.126 e. The molecule has 0 aliphatic heterocycles. The van der Waals surface area contributed by atoms with E-state index in [-0.39, 0.29) is 11.9 Å². The monoisotopic (exact) mass is 249 g/mol. The standard InChI is InChI=1S/C14H20FN3/c1-9(2)6-7-18-13-5-4-11(15)8-12(13)17-14(18)10(3)16/h4-5,8-10H,6-7,16H2,1-3H3. The number of imidazole rings is 1. The van der Waals surface area contributed by atoms with Gasteiger partial charge in [-0.2, -0.15) is 0 Å². The molecule has 0 bridgehead atoms. The zero-order valence-electron chi connectivity index (χ0n) is 11.2. The van der Waals surface area contributed by atoms with Crippen molar-refractivity contribution in [2.75, 3.05) is 0 Å². The van der Waals surface area contributed by atoms with E-state index in [0.717, 1.165) is 24.3 Å². The Hall–Kier alpha value is -1.42. The molecular weight excluding hydrogens is 229 g/mol. The second-order valence-corrected chi connectivity index (χ2v) is 5.23. The van der Waals surface area contributed by atoms with Crippen LogP contribution in [0.5, 0.6) is 0 Å². The molecule has 1 heterocycles. The van der Waals surface area contributed by atoms with Crippen molar-refractivity contribution in [1.82, 2.24) is 9.55 Å². The molecule has 0 saturated heterocycles. The highest BCUT2D eigenvalue weighted by Crippen LogP contribution is 2.22. The van der Waals surface area contributed by atoms with Gasteiger partial charge in [-0.25, -0.2) is 9.37 Å². The Kier molecular flexibility index (Phi) is 3.66. The van der Waals surface area contributed by atoms with Crippen molar-refractivity contribution < 1.29 is 4.39 Å². The van der Waals surface area contributed by atoms with Crippen molar-refractivity contribution in [1.29, 1.82) is 0 Å². The fourth-order valence-electron chi connectivity index (χ4n) is 2.09. The SMILES string of the molecule is CC(C)CCn1c(C(C)N)nc2cc(F)ccc21. The van der Waals surface area contributed by atoms with E-state index in [1.165, 1.54) is 12.1 Å². The average molecular weight is 249 g/mol. The number of aromatic nitrogens is 2. The second kappa shape index (κ2) is 5.06. The van der Waals surface area contributed by atoms with Crippen LogP contribution in [0.1, 0.15) is 39.1 Å². The predicted molar refractivity (Wildman–Crippen MR) is 71.7 cm³/mol. The number of hydrogen-bond donors (Lipinski definition) is 1. The van der Waals surface area contributed by atoms with Gasteiger partial charge in [-0.15, -0.1) is 0 Å². The van der Waals surface area contributed by atoms with E-state index in [9.17, 15) is 4.39 Å². The predicted octanol–water partition coefficient (Wildman–Crippen LogP) is 3.24. The smallest absolute Gasteiger partial charge is 0.126 e. The van der Waals surface area contributed by atoms with Crippen molar-refractivity contribution in [3.63, 3.8) is 0 Å². The van der Waals surface area contributed by atoms with Gasteiger partial charge < -0.3 is 10.3 Å². The van der Waals surface area contributed by atoms with Gasteiger partial charge in [-0.1, -0.05) is 13.8 Å². The molecule has 2 N–H and O–H groups in total. The Morgan fingerprint density at radius 2 is 2.06 bits per heavy atom. The van der Waals surface area contributed by atoms with Crippen LogP contribution in [0, 0.1) is 11.7 Å². The third kappa shape index (κ3) is 2.53. The summed E-state index contributed by atoms with van der Waals surface area (Å²) >= 11 is 0. The fraction of sp³-hybridized carbons (Fsp3) is 0.500. The van der Waals surface area contributed by atoms with Crippen molar-refractivity contribution in [3.05, 3.63) is 29.8 Å². The molecule has 1 aromatic heterocycles. The molecule has 0 radical (unpaired) electrons. The zero-order valence-corrected chi connectivity index (χ0v) is 11.2. The maximum atomic E-state index is 13.2. The molecule has 0 aliphatic carbocycles. The van der Waals surface area contributed by atoms with Crippen LogP contribution < -0.4 is 5.73 Å². The van der Waals surface area contributed by atoms with Crippen LogP contribution in [0.15, 0.2) is 18.2 Å². The molecule has 2 rings (SSSR count). The van der Waals surface area contributed by atoms with Gasteiger partial charge in [0.25, 0.3) is 0 Å². The highest BCUT2D eigenvalue weighted by molar-refractivity contribution is 5.76. The van der Waals surface area contributed by atoms with Gasteiger partial charge in [-0.3, -0.25) is 0 Å². The van der Waals surface area contributed by atoms with Crippen LogP contribution >= 0.6 is 0 Å². The minimum absolute atomic E-state index is 0.146. The van der Waals surface area contributed by atoms with Gasteiger partial charge in [0.1, 0.15) is 11.6 Å². The first-order chi connectivity index (χ1) is 8.49. The lowest BCUT2D eigenvalue weighted by atomic mass is 10.1. The summed E-state index contributed by atoms with van der Waals surface area (Å²) in [6.07, 6.45) is 1.06. The molecule has 0 fully saturated rings. The molecule has 18 heavy (non-hydrogen) atoms. The van der Waals surface area contributed by atoms with Crippen molar-refractivity contribution in [2.24, 2.45) is 11.7 Å². The number of halogens is 1. The van der Waals surface area contributed by atoms with E-state index < -0.39 is 0 Å². The number of benzene rings is 1. The summed E-state index contributed by atoms with van der Waals surface area (Å²) in [5, 5.41) is 0. The number of fused-ring (bicyclic) bond motifs is 1. The lowest BCUT2D eigenvalue weighted by Crippen LogP contribution is -2.14. The topological polar surface area (TPSA) is 43.8 Å². The summed E-state index contributed by atoms with van der Waals surface area (Å²) in [4.78, 5) is 4.45. The van der Waals surface area contributed by atoms with Crippen LogP contribution in [-0.4, -0.2) is 9.55 Å². The van der Waals surface area contributed by atoms with Crippen LogP contribution in [-0.2, 0) is 6.54 Å². The molecular formula is C14H20FN3. The van der Waals surface area contributed by atoms with Gasteiger partial charge in [0, 0.05) is 12.6 Å². The number of nitrogens with zero attached hydrogens (tertiary/aromatic N) is 2. The molecule has 3 nitrogen and oxygen atoms in total. The first-order valence-corrected chi connectivity index (χ1v) is 6.40. The molecule has 2 aromatic rings. The van der Waals surface area contributed by atoms with E-state index in [2.05, 4.69) is 23.4 Å². The molecule has 98 valence electrons. The summed E-state index contributed by atoms with van der Waals surface area (Å²) in [6, 6.07) is 4.57. The zero-order chi connectivity index (χ0) is 13.3. The minimum atomic E-state index is -0.257. The Morgan fingerprint density at radius 3 is 2.67 bits per heavy atom. The van der Waals surface area contributed by atoms with Crippen molar-refractivity contribution >= 4 is 11.0 Å². The summed E-state index contributed by atoms with van der Waals surface area (Å²) < 4.78 is 15.3. The third-order valence-electron chi connectivity index (χ3n) is 3.08. The fourth-order valence-corrected chi connectivity index (χ4v) is 2.09. The Morgan fingerprint density at radius 1 is 1.33 bits per heavy atom. The average Bonchev–Trinajstić information content (AvgIpc) is 2.64. The summed E-state index contributed by atoms with van der Waals surface area (Å²) in [5.41, 5.74) is 7.59. The molecule has 1 atom stereocenters. The maximum absolute atomic E-state index is 13.2. The molecule has 0 spiro atoms. The van der Waals surface area contributed by atoms with Gasteiger partial charge in [0.15, 0.2) is 0 Å². The highest BCUT2D eigenvalue weighted by atomic mass is 19.1. The quantitative estimate of drug-likeness (QED) is 0.904. The van der Waals surface area contributed by atoms with E-state index in [0.29, 0.717) is 11.4 Å². The summed E-state index contributed by atoms with van der Waals surface area (Å²) in [6.45, 7) is 7.15. The van der Waals surface area contributed by atoms with Crippen LogP contribution in [0.2, 0.25) is 0 Å². The second-order valence-electron chi connectivity index (χ2n) is 5.23. The van der Waals surface area contributed by atoms with Crippen LogP contribution in [0.3, 0.4) is 0 Å². The van der Waals surface area contributed by atoms with E-state index >= 15 is 0 Å². The molecule has 0 saturated carbocycles. The summed E-state index contributed by atoms with van der Waals surface area (Å²) in [5.74, 6) is 1.19. The van der Waals surface area contributed by atoms with Crippen LogP contribution in [0.4, 0.5) is 4.39 Å². The molecule has 0 aliphatic rings. The first-order valence-electron chi connectivity index (χ1n) is 6.40. The van der Waals surface area contributed by atoms with Crippen molar-refractivity contribution in [3.8, 4) is 0 Å². The molecule has 1 aromatic carbocycles. The Bertz CT molecular complexity index is 543. The third-order valence-corrected chi connectivity index (χ3v) is 3.08. The Balaban J connectivity index is 2.48. The van der Waals surface area contributed by atoms with Gasteiger partial charge in [-0.05, 0) is 31.4 Å². The number of nitrogens with two attached hydrogens (primary N) is 1. The highest BCUT2D eigenvalue weighted by Gasteiger charge is 2.14. The van der Waals surface area contributed by atoms with Gasteiger partial charge >= 0.3 is 0 Å². The molecule has 4 heteroatoms. The van der Waals surface area contributed by atoms with E-state index in [4.69, 9.17) is 5.73 Å². The first kappa shape index (κ1) is 13.0. The molecule has 1 unspecified atom stereocenters. The van der Waals surface area contributed by atoms with Crippen molar-refractivity contribution in [2.45, 2.75) is 39.8 Å². The number of aryl methyl sites for hydroxylation is 1. The lowest BCUT2D eigenvalue weighted by molar-refractivity contribution is 0.503. The van der Waals surface area contributed by atoms with Gasteiger partial charge in [0.2, 0.25) is 0 Å². The largest absolute Gasteiger partial charge is 0.327 e. The van der Waals surface area contributed by atoms with Gasteiger partial charge in [0.05, 0.1) is 17.1 Å². The normalized spacial score (nSPS) is 13.4.